The summed E-state index contributed by atoms with van der Waals surface area (Å²) in [7, 11) is 0. The second kappa shape index (κ2) is 8.89. The van der Waals surface area contributed by atoms with Gasteiger partial charge in [0.1, 0.15) is 5.75 Å². The van der Waals surface area contributed by atoms with Crippen molar-refractivity contribution in [1.29, 1.82) is 0 Å². The van der Waals surface area contributed by atoms with Crippen LogP contribution >= 0.6 is 0 Å². The largest absolute Gasteiger partial charge is 0.494 e. The van der Waals surface area contributed by atoms with Crippen LogP contribution in [0.4, 0.5) is 0 Å². The second-order valence-electron chi connectivity index (χ2n) is 6.04. The Labute approximate surface area is 137 Å². The summed E-state index contributed by atoms with van der Waals surface area (Å²) in [6, 6.07) is 7.66. The van der Waals surface area contributed by atoms with Gasteiger partial charge >= 0.3 is 0 Å². The molecule has 1 aliphatic rings. The Kier molecular flexibility index (Phi) is 6.86. The lowest BCUT2D eigenvalue weighted by molar-refractivity contribution is -0.139. The Balaban J connectivity index is 2.10. The molecular formula is C18H27NO4. The fraction of sp³-hybridized carbons (Fsp3) is 0.611. The summed E-state index contributed by atoms with van der Waals surface area (Å²) >= 11 is 0. The van der Waals surface area contributed by atoms with Crippen molar-refractivity contribution in [1.82, 2.24) is 4.90 Å². The standard InChI is InChI=1S/C18H27NO4/c1-2-23-17-9-4-3-6-15(17)13-19(10-11-20)18(22)14-7-5-8-16(21)12-14/h3-4,6,9,14,16,20-21H,2,5,7-8,10-13H2,1H3/t14-,16+/m0/s1. The van der Waals surface area contributed by atoms with Crippen molar-refractivity contribution in [3.63, 3.8) is 0 Å². The monoisotopic (exact) mass is 321 g/mol. The van der Waals surface area contributed by atoms with Gasteiger partial charge in [-0.2, -0.15) is 0 Å². The van der Waals surface area contributed by atoms with E-state index in [4.69, 9.17) is 4.74 Å². The average Bonchev–Trinajstić information content (AvgIpc) is 2.56. The van der Waals surface area contributed by atoms with Gasteiger partial charge in [-0.15, -0.1) is 0 Å². The van der Waals surface area contributed by atoms with Crippen LogP contribution in [0.25, 0.3) is 0 Å². The van der Waals surface area contributed by atoms with Crippen molar-refractivity contribution < 1.29 is 19.7 Å². The molecule has 0 aliphatic heterocycles. The molecule has 5 nitrogen and oxygen atoms in total. The van der Waals surface area contributed by atoms with Crippen LogP contribution in [0.2, 0.25) is 0 Å². The van der Waals surface area contributed by atoms with E-state index in [2.05, 4.69) is 0 Å². The van der Waals surface area contributed by atoms with Crippen molar-refractivity contribution in [2.75, 3.05) is 19.8 Å². The Morgan fingerprint density at radius 1 is 1.35 bits per heavy atom. The van der Waals surface area contributed by atoms with Gasteiger partial charge in [0, 0.05) is 24.6 Å². The van der Waals surface area contributed by atoms with Crippen molar-refractivity contribution in [3.8, 4) is 5.75 Å². The van der Waals surface area contributed by atoms with Gasteiger partial charge in [-0.1, -0.05) is 24.6 Å². The molecule has 0 heterocycles. The number of aliphatic hydroxyl groups excluding tert-OH is 2. The van der Waals surface area contributed by atoms with Gasteiger partial charge in [0.2, 0.25) is 5.91 Å². The fourth-order valence-electron chi connectivity index (χ4n) is 3.17. The highest BCUT2D eigenvalue weighted by Crippen LogP contribution is 2.27. The van der Waals surface area contributed by atoms with Gasteiger partial charge < -0.3 is 19.8 Å². The van der Waals surface area contributed by atoms with Crippen molar-refractivity contribution in [2.24, 2.45) is 5.92 Å². The molecular weight excluding hydrogens is 294 g/mol. The topological polar surface area (TPSA) is 70.0 Å². The van der Waals surface area contributed by atoms with Crippen LogP contribution in [0.5, 0.6) is 5.75 Å². The molecule has 23 heavy (non-hydrogen) atoms. The van der Waals surface area contributed by atoms with Gasteiger partial charge in [-0.25, -0.2) is 0 Å². The van der Waals surface area contributed by atoms with Gasteiger partial charge in [-0.05, 0) is 32.3 Å². The lowest BCUT2D eigenvalue weighted by atomic mass is 9.86. The maximum atomic E-state index is 12.8. The first kappa shape index (κ1) is 17.8. The smallest absolute Gasteiger partial charge is 0.226 e. The summed E-state index contributed by atoms with van der Waals surface area (Å²) in [4.78, 5) is 14.5. The molecule has 0 aromatic heterocycles. The molecule has 0 radical (unpaired) electrons. The van der Waals surface area contributed by atoms with Gasteiger partial charge in [-0.3, -0.25) is 4.79 Å². The van der Waals surface area contributed by atoms with Crippen LogP contribution in [0, 0.1) is 5.92 Å². The van der Waals surface area contributed by atoms with E-state index < -0.39 is 0 Å². The van der Waals surface area contributed by atoms with Gasteiger partial charge in [0.05, 0.1) is 19.3 Å². The summed E-state index contributed by atoms with van der Waals surface area (Å²) in [5, 5.41) is 19.1. The number of hydrogen-bond donors (Lipinski definition) is 2. The number of aliphatic hydroxyl groups is 2. The van der Waals surface area contributed by atoms with Crippen LogP contribution in [0.15, 0.2) is 24.3 Å². The van der Waals surface area contributed by atoms with Crippen molar-refractivity contribution in [3.05, 3.63) is 29.8 Å². The molecule has 1 aliphatic carbocycles. The number of ether oxygens (including phenoxy) is 1. The zero-order chi connectivity index (χ0) is 16.7. The molecule has 1 aromatic rings. The molecule has 1 saturated carbocycles. The number of carbonyl (C=O) groups excluding carboxylic acids is 1. The van der Waals surface area contributed by atoms with E-state index in [0.29, 0.717) is 26.1 Å². The summed E-state index contributed by atoms with van der Waals surface area (Å²) in [6.45, 7) is 3.14. The number of amides is 1. The van der Waals surface area contributed by atoms with Crippen LogP contribution < -0.4 is 4.74 Å². The third kappa shape index (κ3) is 4.94. The average molecular weight is 321 g/mol. The molecule has 1 amide bonds. The van der Waals surface area contributed by atoms with E-state index >= 15 is 0 Å². The van der Waals surface area contributed by atoms with Gasteiger partial charge in [0.25, 0.3) is 0 Å². The molecule has 5 heteroatoms. The lowest BCUT2D eigenvalue weighted by Crippen LogP contribution is -2.40. The number of rotatable bonds is 7. The van der Waals surface area contributed by atoms with Gasteiger partial charge in [0.15, 0.2) is 0 Å². The number of carbonyl (C=O) groups is 1. The molecule has 0 saturated heterocycles. The molecule has 0 bridgehead atoms. The number of hydrogen-bond acceptors (Lipinski definition) is 4. The van der Waals surface area contributed by atoms with E-state index in [1.54, 1.807) is 4.90 Å². The fourth-order valence-corrected chi connectivity index (χ4v) is 3.17. The number of para-hydroxylation sites is 1. The molecule has 0 unspecified atom stereocenters. The molecule has 2 atom stereocenters. The Hall–Kier alpha value is -1.59. The zero-order valence-electron chi connectivity index (χ0n) is 13.8. The SMILES string of the molecule is CCOc1ccccc1CN(CCO)C(=O)[C@H]1CCC[C@@H](O)C1. The molecule has 2 rings (SSSR count). The highest BCUT2D eigenvalue weighted by molar-refractivity contribution is 5.79. The molecule has 2 N–H and O–H groups in total. The second-order valence-corrected chi connectivity index (χ2v) is 6.04. The third-order valence-corrected chi connectivity index (χ3v) is 4.31. The minimum Gasteiger partial charge on any atom is -0.494 e. The normalized spacial score (nSPS) is 21.0. The minimum atomic E-state index is -0.385. The van der Waals surface area contributed by atoms with Crippen LogP contribution in [-0.4, -0.2) is 46.9 Å². The summed E-state index contributed by atoms with van der Waals surface area (Å²) in [5.41, 5.74) is 0.938. The lowest BCUT2D eigenvalue weighted by Gasteiger charge is -2.31. The molecule has 0 spiro atoms. The van der Waals surface area contributed by atoms with E-state index in [1.165, 1.54) is 0 Å². The maximum Gasteiger partial charge on any atom is 0.226 e. The summed E-state index contributed by atoms with van der Waals surface area (Å²) < 4.78 is 5.62. The predicted octanol–water partition coefficient (Wildman–Crippen LogP) is 1.96. The zero-order valence-corrected chi connectivity index (χ0v) is 13.8. The number of benzene rings is 1. The molecule has 1 fully saturated rings. The van der Waals surface area contributed by atoms with E-state index in [1.807, 2.05) is 31.2 Å². The Morgan fingerprint density at radius 3 is 2.83 bits per heavy atom. The number of nitrogens with zero attached hydrogens (tertiary/aromatic N) is 1. The quantitative estimate of drug-likeness (QED) is 0.805. The van der Waals surface area contributed by atoms with Crippen molar-refractivity contribution in [2.45, 2.75) is 45.3 Å². The van der Waals surface area contributed by atoms with E-state index in [-0.39, 0.29) is 24.5 Å². The summed E-state index contributed by atoms with van der Waals surface area (Å²) in [5.74, 6) is 0.642. The van der Waals surface area contributed by atoms with Crippen LogP contribution in [0.3, 0.4) is 0 Å². The minimum absolute atomic E-state index is 0.0177. The Bertz CT molecular complexity index is 506. The highest BCUT2D eigenvalue weighted by Gasteiger charge is 2.29. The first-order valence-electron chi connectivity index (χ1n) is 8.44. The Morgan fingerprint density at radius 2 is 2.13 bits per heavy atom. The van der Waals surface area contributed by atoms with Crippen LogP contribution in [0.1, 0.15) is 38.2 Å². The summed E-state index contributed by atoms with van der Waals surface area (Å²) in [6.07, 6.45) is 2.60. The van der Waals surface area contributed by atoms with Crippen LogP contribution in [-0.2, 0) is 11.3 Å². The highest BCUT2D eigenvalue weighted by atomic mass is 16.5. The first-order chi connectivity index (χ1) is 11.2. The molecule has 1 aromatic carbocycles. The third-order valence-electron chi connectivity index (χ3n) is 4.31. The van der Waals surface area contributed by atoms with Crippen molar-refractivity contribution >= 4 is 5.91 Å². The maximum absolute atomic E-state index is 12.8. The van der Waals surface area contributed by atoms with E-state index in [9.17, 15) is 15.0 Å². The van der Waals surface area contributed by atoms with E-state index in [0.717, 1.165) is 30.6 Å². The predicted molar refractivity (Wildman–Crippen MR) is 88.1 cm³/mol. The first-order valence-corrected chi connectivity index (χ1v) is 8.44. The molecule has 128 valence electrons.